The molecule has 4 rings (SSSR count). The van der Waals surface area contributed by atoms with Gasteiger partial charge in [-0.25, -0.2) is 23.2 Å². The van der Waals surface area contributed by atoms with Crippen LogP contribution >= 0.6 is 0 Å². The Morgan fingerprint density at radius 3 is 2.47 bits per heavy atom. The Bertz CT molecular complexity index is 1310. The minimum Gasteiger partial charge on any atom is -0.488 e. The molecule has 188 valence electrons. The molecule has 0 radical (unpaired) electrons. The summed E-state index contributed by atoms with van der Waals surface area (Å²) in [6, 6.07) is 7.05. The summed E-state index contributed by atoms with van der Waals surface area (Å²) in [7, 11) is 1.69. The summed E-state index contributed by atoms with van der Waals surface area (Å²) in [5.41, 5.74) is 1.18. The van der Waals surface area contributed by atoms with E-state index in [1.165, 1.54) is 12.1 Å². The van der Waals surface area contributed by atoms with Gasteiger partial charge in [0.25, 0.3) is 0 Å². The summed E-state index contributed by atoms with van der Waals surface area (Å²) in [6.07, 6.45) is -0.579. The molecular formula is C23H21F2N5O6. The maximum atomic E-state index is 13.9. The summed E-state index contributed by atoms with van der Waals surface area (Å²) in [5, 5.41) is 27.7. The lowest BCUT2D eigenvalue weighted by Gasteiger charge is -2.18. The van der Waals surface area contributed by atoms with Crippen molar-refractivity contribution in [2.75, 3.05) is 17.2 Å². The first kappa shape index (κ1) is 24.4. The normalized spacial score (nSPS) is 17.0. The van der Waals surface area contributed by atoms with Crippen LogP contribution in [0.2, 0.25) is 0 Å². The third-order valence-corrected chi connectivity index (χ3v) is 5.60. The zero-order valence-electron chi connectivity index (χ0n) is 18.8. The maximum Gasteiger partial charge on any atom is 0.408 e. The predicted molar refractivity (Wildman–Crippen MR) is 123 cm³/mol. The molecule has 4 N–H and O–H groups in total. The zero-order valence-corrected chi connectivity index (χ0v) is 18.8. The Balaban J connectivity index is 1.57. The Kier molecular flexibility index (Phi) is 6.72. The van der Waals surface area contributed by atoms with Crippen molar-refractivity contribution in [1.82, 2.24) is 14.7 Å². The van der Waals surface area contributed by atoms with E-state index in [0.29, 0.717) is 28.8 Å². The highest BCUT2D eigenvalue weighted by Gasteiger charge is 2.41. The van der Waals surface area contributed by atoms with Crippen LogP contribution in [0.3, 0.4) is 0 Å². The number of benzene rings is 2. The van der Waals surface area contributed by atoms with E-state index >= 15 is 0 Å². The maximum absolute atomic E-state index is 13.9. The molecule has 0 bridgehead atoms. The van der Waals surface area contributed by atoms with Crippen molar-refractivity contribution < 1.29 is 38.1 Å². The van der Waals surface area contributed by atoms with E-state index in [0.717, 1.165) is 17.0 Å². The summed E-state index contributed by atoms with van der Waals surface area (Å²) < 4.78 is 34.5. The molecular weight excluding hydrogens is 480 g/mol. The lowest BCUT2D eigenvalue weighted by molar-refractivity contribution is -0.141. The van der Waals surface area contributed by atoms with E-state index in [1.54, 1.807) is 30.1 Å². The first-order valence-electron chi connectivity index (χ1n) is 10.7. The third-order valence-electron chi connectivity index (χ3n) is 5.60. The first-order valence-corrected chi connectivity index (χ1v) is 10.7. The number of amides is 3. The van der Waals surface area contributed by atoms with Gasteiger partial charge < -0.3 is 25.6 Å². The SMILES string of the molecule is Cn1nccc1-c1cc(NC(=O)Nc2ccc(F)cc2F)ccc1O[C@@H]1C[C@H](C(=O)O)N(C(=O)O)C1. The molecule has 1 saturated heterocycles. The molecule has 2 aromatic carbocycles. The summed E-state index contributed by atoms with van der Waals surface area (Å²) >= 11 is 0. The zero-order chi connectivity index (χ0) is 26.0. The van der Waals surface area contributed by atoms with E-state index in [1.807, 2.05) is 0 Å². The minimum atomic E-state index is -1.36. The molecule has 0 aliphatic carbocycles. The highest BCUT2D eigenvalue weighted by atomic mass is 19.1. The molecule has 13 heteroatoms. The standard InChI is InChI=1S/C23H21F2N5O6/c1-29-18(6-7-26-29)15-9-13(27-22(33)28-17-4-2-12(24)8-16(17)25)3-5-20(15)36-14-10-19(21(31)32)30(11-14)23(34)35/h2-9,14,19H,10-11H2,1H3,(H,31,32)(H,34,35)(H2,27,28,33)/t14-,19-/m1/s1. The Hall–Kier alpha value is -4.68. The highest BCUT2D eigenvalue weighted by Crippen LogP contribution is 2.35. The number of carboxylic acid groups (broad SMARTS) is 2. The molecule has 0 spiro atoms. The molecule has 3 aromatic rings. The molecule has 1 aliphatic rings. The van der Waals surface area contributed by atoms with Crippen molar-refractivity contribution in [2.45, 2.75) is 18.6 Å². The number of rotatable bonds is 6. The molecule has 2 heterocycles. The molecule has 0 unspecified atom stereocenters. The van der Waals surface area contributed by atoms with E-state index in [-0.39, 0.29) is 18.7 Å². The fourth-order valence-corrected chi connectivity index (χ4v) is 3.93. The van der Waals surface area contributed by atoms with Crippen LogP contribution in [0.15, 0.2) is 48.7 Å². The fourth-order valence-electron chi connectivity index (χ4n) is 3.93. The first-order chi connectivity index (χ1) is 17.1. The number of ether oxygens (including phenoxy) is 1. The van der Waals surface area contributed by atoms with Crippen LogP contribution in [-0.4, -0.2) is 61.7 Å². The molecule has 3 amide bonds. The van der Waals surface area contributed by atoms with Crippen LogP contribution in [0, 0.1) is 11.6 Å². The number of hydrogen-bond donors (Lipinski definition) is 4. The predicted octanol–water partition coefficient (Wildman–Crippen LogP) is 3.59. The van der Waals surface area contributed by atoms with E-state index < -0.39 is 41.9 Å². The van der Waals surface area contributed by atoms with Gasteiger partial charge in [-0.15, -0.1) is 0 Å². The largest absolute Gasteiger partial charge is 0.488 e. The highest BCUT2D eigenvalue weighted by molar-refractivity contribution is 6.00. The lowest BCUT2D eigenvalue weighted by Crippen LogP contribution is -2.39. The van der Waals surface area contributed by atoms with Crippen LogP contribution < -0.4 is 15.4 Å². The number of likely N-dealkylation sites (tertiary alicyclic amines) is 1. The van der Waals surface area contributed by atoms with Crippen molar-refractivity contribution >= 4 is 29.5 Å². The molecule has 0 saturated carbocycles. The van der Waals surface area contributed by atoms with Crippen molar-refractivity contribution in [2.24, 2.45) is 7.05 Å². The quantitative estimate of drug-likeness (QED) is 0.404. The van der Waals surface area contributed by atoms with Crippen molar-refractivity contribution in [3.63, 3.8) is 0 Å². The molecule has 11 nitrogen and oxygen atoms in total. The Labute approximate surface area is 202 Å². The number of aromatic nitrogens is 2. The van der Waals surface area contributed by atoms with Gasteiger partial charge in [0.15, 0.2) is 0 Å². The minimum absolute atomic E-state index is 0.0435. The van der Waals surface area contributed by atoms with Crippen molar-refractivity contribution in [1.29, 1.82) is 0 Å². The average Bonchev–Trinajstić information content (AvgIpc) is 3.43. The van der Waals surface area contributed by atoms with E-state index in [9.17, 15) is 33.4 Å². The molecule has 2 atom stereocenters. The van der Waals surface area contributed by atoms with Crippen LogP contribution in [0.4, 0.5) is 29.7 Å². The number of hydrogen-bond acceptors (Lipinski definition) is 5. The second-order valence-electron chi connectivity index (χ2n) is 8.02. The number of aryl methyl sites for hydroxylation is 1. The van der Waals surface area contributed by atoms with Gasteiger partial charge in [0.2, 0.25) is 0 Å². The second kappa shape index (κ2) is 9.90. The van der Waals surface area contributed by atoms with Gasteiger partial charge >= 0.3 is 18.1 Å². The van der Waals surface area contributed by atoms with Crippen molar-refractivity contribution in [3.05, 3.63) is 60.3 Å². The number of nitrogens with zero attached hydrogens (tertiary/aromatic N) is 3. The average molecular weight is 501 g/mol. The number of nitrogens with one attached hydrogen (secondary N) is 2. The van der Waals surface area contributed by atoms with Gasteiger partial charge in [-0.1, -0.05) is 0 Å². The molecule has 1 aromatic heterocycles. The van der Waals surface area contributed by atoms with Gasteiger partial charge in [-0.05, 0) is 36.4 Å². The smallest absolute Gasteiger partial charge is 0.408 e. The van der Waals surface area contributed by atoms with Gasteiger partial charge in [0, 0.05) is 37.0 Å². The number of halogens is 2. The van der Waals surface area contributed by atoms with Gasteiger partial charge in [0.1, 0.15) is 29.5 Å². The van der Waals surface area contributed by atoms with E-state index in [2.05, 4.69) is 15.7 Å². The topological polar surface area (TPSA) is 146 Å². The van der Waals surface area contributed by atoms with Gasteiger partial charge in [0.05, 0.1) is 17.9 Å². The Morgan fingerprint density at radius 2 is 1.86 bits per heavy atom. The van der Waals surface area contributed by atoms with Gasteiger partial charge in [-0.2, -0.15) is 5.10 Å². The summed E-state index contributed by atoms with van der Waals surface area (Å²) in [6.45, 7) is -0.136. The number of carboxylic acids is 1. The fraction of sp³-hybridized carbons (Fsp3) is 0.217. The van der Waals surface area contributed by atoms with Crippen LogP contribution in [0.1, 0.15) is 6.42 Å². The van der Waals surface area contributed by atoms with Crippen LogP contribution in [-0.2, 0) is 11.8 Å². The summed E-state index contributed by atoms with van der Waals surface area (Å²) in [5.74, 6) is -2.66. The lowest BCUT2D eigenvalue weighted by atomic mass is 10.1. The molecule has 1 fully saturated rings. The number of urea groups is 1. The molecule has 1 aliphatic heterocycles. The van der Waals surface area contributed by atoms with Gasteiger partial charge in [-0.3, -0.25) is 9.58 Å². The second-order valence-corrected chi connectivity index (χ2v) is 8.02. The van der Waals surface area contributed by atoms with E-state index in [4.69, 9.17) is 4.74 Å². The van der Waals surface area contributed by atoms with Crippen LogP contribution in [0.5, 0.6) is 5.75 Å². The third kappa shape index (κ3) is 5.19. The number of carbonyl (C=O) groups is 3. The number of aliphatic carboxylic acids is 1. The van der Waals surface area contributed by atoms with Crippen LogP contribution in [0.25, 0.3) is 11.3 Å². The summed E-state index contributed by atoms with van der Waals surface area (Å²) in [4.78, 5) is 36.1. The van der Waals surface area contributed by atoms with Crippen molar-refractivity contribution in [3.8, 4) is 17.0 Å². The Morgan fingerprint density at radius 1 is 1.08 bits per heavy atom. The number of carbonyl (C=O) groups excluding carboxylic acids is 1. The monoisotopic (exact) mass is 501 g/mol. The molecule has 36 heavy (non-hydrogen) atoms. The number of anilines is 2.